The van der Waals surface area contributed by atoms with E-state index in [1.54, 1.807) is 54.4 Å². The summed E-state index contributed by atoms with van der Waals surface area (Å²) in [7, 11) is -0.445. The van der Waals surface area contributed by atoms with E-state index in [9.17, 15) is 8.42 Å². The molecule has 0 atom stereocenters. The van der Waals surface area contributed by atoms with Gasteiger partial charge in [-0.25, -0.2) is 9.97 Å². The summed E-state index contributed by atoms with van der Waals surface area (Å²) in [5.41, 5.74) is 1.67. The topological polar surface area (TPSA) is 105 Å². The third-order valence-electron chi connectivity index (χ3n) is 4.41. The van der Waals surface area contributed by atoms with Gasteiger partial charge >= 0.3 is 0 Å². The van der Waals surface area contributed by atoms with E-state index in [4.69, 9.17) is 0 Å². The number of fused-ring (bicyclic) bond motifs is 1. The van der Waals surface area contributed by atoms with Gasteiger partial charge < -0.3 is 10.2 Å². The molecule has 1 N–H and O–H groups in total. The Morgan fingerprint density at radius 1 is 1.13 bits per heavy atom. The number of rotatable bonds is 7. The van der Waals surface area contributed by atoms with Gasteiger partial charge in [0.2, 0.25) is 5.95 Å². The van der Waals surface area contributed by atoms with Crippen LogP contribution in [0.3, 0.4) is 0 Å². The van der Waals surface area contributed by atoms with Crippen LogP contribution in [0.1, 0.15) is 5.56 Å². The highest BCUT2D eigenvalue weighted by molar-refractivity contribution is 7.90. The minimum atomic E-state index is -3.85. The first kappa shape index (κ1) is 20.5. The van der Waals surface area contributed by atoms with Crippen LogP contribution >= 0.6 is 0 Å². The summed E-state index contributed by atoms with van der Waals surface area (Å²) >= 11 is 0. The number of nitrogens with one attached hydrogen (secondary N) is 1. The minimum Gasteiger partial charge on any atom is -0.368 e. The zero-order chi connectivity index (χ0) is 21.8. The van der Waals surface area contributed by atoms with Crippen LogP contribution < -0.4 is 5.32 Å². The highest BCUT2D eigenvalue weighted by Crippen LogP contribution is 2.26. The molecule has 0 unspecified atom stereocenters. The minimum absolute atomic E-state index is 0.0693. The number of imidazole rings is 1. The van der Waals surface area contributed by atoms with E-state index >= 15 is 0 Å². The fourth-order valence-corrected chi connectivity index (χ4v) is 3.82. The van der Waals surface area contributed by atoms with E-state index < -0.39 is 10.0 Å². The molecule has 158 valence electrons. The van der Waals surface area contributed by atoms with Gasteiger partial charge in [0, 0.05) is 38.4 Å². The smallest absolute Gasteiger partial charge is 0.283 e. The zero-order valence-corrected chi connectivity index (χ0v) is 17.9. The first-order valence-electron chi connectivity index (χ1n) is 9.47. The van der Waals surface area contributed by atoms with Crippen molar-refractivity contribution in [2.45, 2.75) is 11.4 Å². The number of hydrogen-bond acceptors (Lipinski definition) is 6. The van der Waals surface area contributed by atoms with Crippen LogP contribution in [0.15, 0.2) is 76.5 Å². The maximum Gasteiger partial charge on any atom is 0.283 e. The molecule has 0 amide bonds. The highest BCUT2D eigenvalue weighted by Gasteiger charge is 2.16. The van der Waals surface area contributed by atoms with Gasteiger partial charge in [-0.3, -0.25) is 4.57 Å². The van der Waals surface area contributed by atoms with Gasteiger partial charge in [0.05, 0.1) is 10.4 Å². The van der Waals surface area contributed by atoms with E-state index in [0.29, 0.717) is 29.2 Å². The molecule has 0 bridgehead atoms. The van der Waals surface area contributed by atoms with Gasteiger partial charge in [0.1, 0.15) is 18.5 Å². The molecular weight excluding hydrogens is 414 g/mol. The van der Waals surface area contributed by atoms with Gasteiger partial charge in [0.25, 0.3) is 10.0 Å². The standard InChI is InChI=1S/C21H21N7O2S/c1-27(2)15-24-31(29,30)17-8-9-19-18(12-17)20(23-13-16-6-4-3-5-7-16)26-21(25-19)28-11-10-22-14-28/h3-12,14-15H,13H2,1-2H3,(H,23,25,26)/b24-15+. The summed E-state index contributed by atoms with van der Waals surface area (Å²) < 4.78 is 30.7. The summed E-state index contributed by atoms with van der Waals surface area (Å²) in [6.07, 6.45) is 6.25. The highest BCUT2D eigenvalue weighted by atomic mass is 32.2. The molecule has 2 aromatic carbocycles. The number of anilines is 1. The van der Waals surface area contributed by atoms with Gasteiger partial charge in [-0.2, -0.15) is 13.4 Å². The summed E-state index contributed by atoms with van der Waals surface area (Å²) in [5.74, 6) is 0.952. The van der Waals surface area contributed by atoms with Crippen molar-refractivity contribution < 1.29 is 8.42 Å². The lowest BCUT2D eigenvalue weighted by molar-refractivity contribution is 0.595. The van der Waals surface area contributed by atoms with Crippen molar-refractivity contribution in [3.8, 4) is 5.95 Å². The quantitative estimate of drug-likeness (QED) is 0.351. The van der Waals surface area contributed by atoms with Crippen molar-refractivity contribution >= 4 is 33.1 Å². The molecule has 0 radical (unpaired) electrons. The zero-order valence-electron chi connectivity index (χ0n) is 17.0. The predicted octanol–water partition coefficient (Wildman–Crippen LogP) is 2.71. The maximum absolute atomic E-state index is 12.6. The molecular formula is C21H21N7O2S. The molecule has 10 heteroatoms. The second-order valence-electron chi connectivity index (χ2n) is 7.02. The SMILES string of the molecule is CN(C)/C=N/S(=O)(=O)c1ccc2nc(-n3ccnc3)nc(NCc3ccccc3)c2c1. The lowest BCUT2D eigenvalue weighted by atomic mass is 10.2. The summed E-state index contributed by atoms with van der Waals surface area (Å²) in [4.78, 5) is 14.9. The lowest BCUT2D eigenvalue weighted by Crippen LogP contribution is -2.10. The predicted molar refractivity (Wildman–Crippen MR) is 120 cm³/mol. The Bertz CT molecular complexity index is 1320. The molecule has 4 aromatic rings. The van der Waals surface area contributed by atoms with Gasteiger partial charge in [-0.15, -0.1) is 4.40 Å². The van der Waals surface area contributed by atoms with E-state index in [0.717, 1.165) is 5.56 Å². The molecule has 0 saturated heterocycles. The molecule has 9 nitrogen and oxygen atoms in total. The molecule has 0 spiro atoms. The van der Waals surface area contributed by atoms with E-state index in [1.165, 1.54) is 12.4 Å². The Labute approximate surface area is 180 Å². The van der Waals surface area contributed by atoms with Crippen LogP contribution in [0.25, 0.3) is 16.9 Å². The number of aromatic nitrogens is 4. The second kappa shape index (κ2) is 8.52. The summed E-state index contributed by atoms with van der Waals surface area (Å²) in [6.45, 7) is 0.520. The largest absolute Gasteiger partial charge is 0.368 e. The fourth-order valence-electron chi connectivity index (χ4n) is 2.88. The molecule has 0 aliphatic heterocycles. The molecule has 2 heterocycles. The van der Waals surface area contributed by atoms with Crippen LogP contribution in [0, 0.1) is 0 Å². The molecule has 4 rings (SSSR count). The van der Waals surface area contributed by atoms with Crippen LogP contribution in [0.5, 0.6) is 0 Å². The second-order valence-corrected chi connectivity index (χ2v) is 8.65. The third kappa shape index (κ3) is 4.69. The van der Waals surface area contributed by atoms with Gasteiger partial charge in [-0.05, 0) is 23.8 Å². The molecule has 0 aliphatic carbocycles. The number of sulfonamides is 1. The number of benzene rings is 2. The van der Waals surface area contributed by atoms with Crippen LogP contribution in [-0.2, 0) is 16.6 Å². The fraction of sp³-hybridized carbons (Fsp3) is 0.143. The third-order valence-corrected chi connectivity index (χ3v) is 5.63. The molecule has 0 saturated carbocycles. The number of nitrogens with zero attached hydrogens (tertiary/aromatic N) is 6. The van der Waals surface area contributed by atoms with E-state index in [2.05, 4.69) is 24.7 Å². The lowest BCUT2D eigenvalue weighted by Gasteiger charge is -2.12. The van der Waals surface area contributed by atoms with Crippen molar-refractivity contribution in [1.29, 1.82) is 0 Å². The maximum atomic E-state index is 12.6. The van der Waals surface area contributed by atoms with E-state index in [-0.39, 0.29) is 4.90 Å². The monoisotopic (exact) mass is 435 g/mol. The van der Waals surface area contributed by atoms with Crippen molar-refractivity contribution in [2.24, 2.45) is 4.40 Å². The Hall–Kier alpha value is -3.79. The molecule has 0 aliphatic rings. The molecule has 0 fully saturated rings. The van der Waals surface area contributed by atoms with Crippen molar-refractivity contribution in [3.63, 3.8) is 0 Å². The Balaban J connectivity index is 1.80. The Morgan fingerprint density at radius 2 is 1.94 bits per heavy atom. The van der Waals surface area contributed by atoms with Gasteiger partial charge in [0.15, 0.2) is 0 Å². The number of hydrogen-bond donors (Lipinski definition) is 1. The van der Waals surface area contributed by atoms with Crippen molar-refractivity contribution in [1.82, 2.24) is 24.4 Å². The van der Waals surface area contributed by atoms with Crippen LogP contribution in [0.4, 0.5) is 5.82 Å². The average molecular weight is 436 g/mol. The average Bonchev–Trinajstić information content (AvgIpc) is 3.31. The summed E-state index contributed by atoms with van der Waals surface area (Å²) in [5, 5.41) is 3.89. The Morgan fingerprint density at radius 3 is 2.65 bits per heavy atom. The molecule has 31 heavy (non-hydrogen) atoms. The van der Waals surface area contributed by atoms with Crippen LogP contribution in [0.2, 0.25) is 0 Å². The normalized spacial score (nSPS) is 11.8. The first-order valence-corrected chi connectivity index (χ1v) is 10.9. The van der Waals surface area contributed by atoms with Crippen molar-refractivity contribution in [3.05, 3.63) is 72.8 Å². The Kier molecular flexibility index (Phi) is 5.63. The summed E-state index contributed by atoms with van der Waals surface area (Å²) in [6, 6.07) is 14.6. The molecule has 2 aromatic heterocycles. The van der Waals surface area contributed by atoms with Crippen LogP contribution in [-0.4, -0.2) is 53.3 Å². The van der Waals surface area contributed by atoms with Crippen molar-refractivity contribution in [2.75, 3.05) is 19.4 Å². The first-order chi connectivity index (χ1) is 14.9. The van der Waals surface area contributed by atoms with E-state index in [1.807, 2.05) is 30.3 Å². The van der Waals surface area contributed by atoms with Gasteiger partial charge in [-0.1, -0.05) is 30.3 Å².